The Labute approximate surface area is 116 Å². The van der Waals surface area contributed by atoms with E-state index in [9.17, 15) is 4.79 Å². The average Bonchev–Trinajstić information content (AvgIpc) is 2.77. The third-order valence-electron chi connectivity index (χ3n) is 2.63. The molecule has 5 nitrogen and oxygen atoms in total. The maximum atomic E-state index is 11.8. The molecule has 0 aliphatic heterocycles. The van der Waals surface area contributed by atoms with Crippen molar-refractivity contribution in [2.24, 2.45) is 7.05 Å². The van der Waals surface area contributed by atoms with Gasteiger partial charge in [-0.05, 0) is 24.6 Å². The summed E-state index contributed by atoms with van der Waals surface area (Å²) in [5, 5.41) is 10.4. The quantitative estimate of drug-likeness (QED) is 0.903. The van der Waals surface area contributed by atoms with Gasteiger partial charge in [-0.15, -0.1) is 0 Å². The lowest BCUT2D eigenvalue weighted by molar-refractivity contribution is -0.114. The summed E-state index contributed by atoms with van der Waals surface area (Å²) in [6.07, 6.45) is 3.47. The number of carbonyl (C=O) groups excluding carboxylic acids is 1. The molecule has 0 aliphatic rings. The van der Waals surface area contributed by atoms with Crippen molar-refractivity contribution < 1.29 is 4.79 Å². The van der Waals surface area contributed by atoms with Gasteiger partial charge in [-0.1, -0.05) is 17.7 Å². The standard InChI is InChI=1S/C13H15ClN4O/c1-9-3-4-10(14)5-12(9)17-13(19)7-15-11-6-16-18(2)8-11/h3-6,8,15H,7H2,1-2H3,(H,17,19). The summed E-state index contributed by atoms with van der Waals surface area (Å²) in [6.45, 7) is 2.10. The Morgan fingerprint density at radius 3 is 2.95 bits per heavy atom. The molecule has 2 N–H and O–H groups in total. The molecule has 2 rings (SSSR count). The van der Waals surface area contributed by atoms with Crippen LogP contribution in [0.4, 0.5) is 11.4 Å². The fraction of sp³-hybridized carbons (Fsp3) is 0.231. The number of carbonyl (C=O) groups is 1. The number of nitrogens with one attached hydrogen (secondary N) is 2. The van der Waals surface area contributed by atoms with E-state index in [1.54, 1.807) is 29.2 Å². The minimum absolute atomic E-state index is 0.130. The second kappa shape index (κ2) is 5.75. The number of anilines is 2. The number of aromatic nitrogens is 2. The van der Waals surface area contributed by atoms with Crippen molar-refractivity contribution in [1.29, 1.82) is 0 Å². The van der Waals surface area contributed by atoms with Crippen molar-refractivity contribution in [3.8, 4) is 0 Å². The lowest BCUT2D eigenvalue weighted by Crippen LogP contribution is -2.22. The van der Waals surface area contributed by atoms with Crippen LogP contribution in [-0.2, 0) is 11.8 Å². The smallest absolute Gasteiger partial charge is 0.243 e. The van der Waals surface area contributed by atoms with Gasteiger partial charge in [0.2, 0.25) is 5.91 Å². The largest absolute Gasteiger partial charge is 0.374 e. The Kier molecular flexibility index (Phi) is 4.06. The lowest BCUT2D eigenvalue weighted by Gasteiger charge is -2.09. The van der Waals surface area contributed by atoms with Gasteiger partial charge in [-0.2, -0.15) is 5.10 Å². The van der Waals surface area contributed by atoms with E-state index < -0.39 is 0 Å². The van der Waals surface area contributed by atoms with Gasteiger partial charge in [0.05, 0.1) is 18.4 Å². The number of rotatable bonds is 4. The van der Waals surface area contributed by atoms with E-state index in [4.69, 9.17) is 11.6 Å². The zero-order chi connectivity index (χ0) is 13.8. The number of halogens is 1. The average molecular weight is 279 g/mol. The maximum Gasteiger partial charge on any atom is 0.243 e. The monoisotopic (exact) mass is 278 g/mol. The Morgan fingerprint density at radius 1 is 1.47 bits per heavy atom. The number of nitrogens with zero attached hydrogens (tertiary/aromatic N) is 2. The summed E-state index contributed by atoms with van der Waals surface area (Å²) < 4.78 is 1.67. The molecule has 0 saturated heterocycles. The Balaban J connectivity index is 1.92. The van der Waals surface area contributed by atoms with Crippen LogP contribution in [0.3, 0.4) is 0 Å². The van der Waals surface area contributed by atoms with Gasteiger partial charge in [0.25, 0.3) is 0 Å². The van der Waals surface area contributed by atoms with Gasteiger partial charge in [-0.3, -0.25) is 9.48 Å². The molecule has 1 amide bonds. The minimum atomic E-state index is -0.130. The molecule has 1 aromatic carbocycles. The molecule has 0 spiro atoms. The second-order valence-corrected chi connectivity index (χ2v) is 4.70. The van der Waals surface area contributed by atoms with Crippen LogP contribution in [0.1, 0.15) is 5.56 Å². The van der Waals surface area contributed by atoms with Crippen LogP contribution < -0.4 is 10.6 Å². The van der Waals surface area contributed by atoms with E-state index in [1.165, 1.54) is 0 Å². The Hall–Kier alpha value is -2.01. The molecule has 0 radical (unpaired) electrons. The third kappa shape index (κ3) is 3.72. The first kappa shape index (κ1) is 13.4. The van der Waals surface area contributed by atoms with Gasteiger partial charge in [0.1, 0.15) is 0 Å². The number of aryl methyl sites for hydroxylation is 2. The van der Waals surface area contributed by atoms with Crippen LogP contribution in [0.15, 0.2) is 30.6 Å². The third-order valence-corrected chi connectivity index (χ3v) is 2.87. The maximum absolute atomic E-state index is 11.8. The molecule has 6 heteroatoms. The molecule has 0 unspecified atom stereocenters. The molecular formula is C13H15ClN4O. The highest BCUT2D eigenvalue weighted by Gasteiger charge is 2.06. The highest BCUT2D eigenvalue weighted by atomic mass is 35.5. The van der Waals surface area contributed by atoms with E-state index in [2.05, 4.69) is 15.7 Å². The molecule has 0 bridgehead atoms. The summed E-state index contributed by atoms with van der Waals surface area (Å²) in [5.74, 6) is -0.130. The summed E-state index contributed by atoms with van der Waals surface area (Å²) >= 11 is 5.90. The molecule has 2 aromatic rings. The summed E-state index contributed by atoms with van der Waals surface area (Å²) in [7, 11) is 1.82. The van der Waals surface area contributed by atoms with Crippen molar-refractivity contribution in [3.63, 3.8) is 0 Å². The number of hydrogen-bond acceptors (Lipinski definition) is 3. The fourth-order valence-corrected chi connectivity index (χ4v) is 1.79. The van der Waals surface area contributed by atoms with Crippen LogP contribution in [0.5, 0.6) is 0 Å². The first-order chi connectivity index (χ1) is 9.04. The minimum Gasteiger partial charge on any atom is -0.374 e. The SMILES string of the molecule is Cc1ccc(Cl)cc1NC(=O)CNc1cnn(C)c1. The van der Waals surface area contributed by atoms with Crippen molar-refractivity contribution >= 4 is 28.9 Å². The Bertz CT molecular complexity index is 594. The van der Waals surface area contributed by atoms with Gasteiger partial charge in [-0.25, -0.2) is 0 Å². The van der Waals surface area contributed by atoms with Crippen LogP contribution >= 0.6 is 11.6 Å². The normalized spacial score (nSPS) is 10.3. The molecule has 0 atom stereocenters. The van der Waals surface area contributed by atoms with Gasteiger partial charge >= 0.3 is 0 Å². The Morgan fingerprint density at radius 2 is 2.26 bits per heavy atom. The second-order valence-electron chi connectivity index (χ2n) is 4.26. The van der Waals surface area contributed by atoms with Crippen molar-refractivity contribution in [3.05, 3.63) is 41.2 Å². The summed E-state index contributed by atoms with van der Waals surface area (Å²) in [5.41, 5.74) is 2.50. The lowest BCUT2D eigenvalue weighted by atomic mass is 10.2. The highest BCUT2D eigenvalue weighted by molar-refractivity contribution is 6.31. The van der Waals surface area contributed by atoms with Crippen molar-refractivity contribution in [2.45, 2.75) is 6.92 Å². The zero-order valence-corrected chi connectivity index (χ0v) is 11.5. The van der Waals surface area contributed by atoms with Crippen LogP contribution in [0.25, 0.3) is 0 Å². The van der Waals surface area contributed by atoms with Crippen molar-refractivity contribution in [2.75, 3.05) is 17.2 Å². The van der Waals surface area contributed by atoms with Crippen LogP contribution in [0, 0.1) is 6.92 Å². The van der Waals surface area contributed by atoms with Gasteiger partial charge < -0.3 is 10.6 Å². The summed E-state index contributed by atoms with van der Waals surface area (Å²) in [6, 6.07) is 5.39. The van der Waals surface area contributed by atoms with Gasteiger partial charge in [0.15, 0.2) is 0 Å². The van der Waals surface area contributed by atoms with E-state index >= 15 is 0 Å². The molecular weight excluding hydrogens is 264 g/mol. The van der Waals surface area contributed by atoms with Crippen molar-refractivity contribution in [1.82, 2.24) is 9.78 Å². The molecule has 100 valence electrons. The van der Waals surface area contributed by atoms with E-state index in [0.717, 1.165) is 16.9 Å². The molecule has 0 aliphatic carbocycles. The zero-order valence-electron chi connectivity index (χ0n) is 10.8. The molecule has 1 heterocycles. The van der Waals surface area contributed by atoms with E-state index in [0.29, 0.717) is 5.02 Å². The number of hydrogen-bond donors (Lipinski definition) is 2. The summed E-state index contributed by atoms with van der Waals surface area (Å²) in [4.78, 5) is 11.8. The van der Waals surface area contributed by atoms with E-state index in [1.807, 2.05) is 20.0 Å². The first-order valence-electron chi connectivity index (χ1n) is 5.83. The van der Waals surface area contributed by atoms with Gasteiger partial charge in [0, 0.05) is 24.0 Å². The molecule has 0 saturated carbocycles. The first-order valence-corrected chi connectivity index (χ1v) is 6.21. The predicted octanol–water partition coefficient (Wildman–Crippen LogP) is 2.43. The molecule has 0 fully saturated rings. The van der Waals surface area contributed by atoms with Crippen LogP contribution in [-0.4, -0.2) is 22.2 Å². The topological polar surface area (TPSA) is 59.0 Å². The highest BCUT2D eigenvalue weighted by Crippen LogP contribution is 2.19. The fourth-order valence-electron chi connectivity index (χ4n) is 1.62. The number of benzene rings is 1. The van der Waals surface area contributed by atoms with Crippen LogP contribution in [0.2, 0.25) is 5.02 Å². The predicted molar refractivity (Wildman–Crippen MR) is 76.5 cm³/mol. The number of amides is 1. The van der Waals surface area contributed by atoms with E-state index in [-0.39, 0.29) is 12.5 Å². The molecule has 19 heavy (non-hydrogen) atoms. The molecule has 1 aromatic heterocycles.